The minimum absolute atomic E-state index is 0.00707. The van der Waals surface area contributed by atoms with Gasteiger partial charge in [-0.15, -0.1) is 0 Å². The average molecular weight is 595 g/mol. The topological polar surface area (TPSA) is 157 Å². The molecule has 1 aliphatic rings. The average Bonchev–Trinajstić information content (AvgIpc) is 3.78. The fourth-order valence-corrected chi connectivity index (χ4v) is 4.72. The Bertz CT molecular complexity index is 1240. The lowest BCUT2D eigenvalue weighted by Crippen LogP contribution is -2.53. The number of rotatable bonds is 17. The Morgan fingerprint density at radius 2 is 1.47 bits per heavy atom. The molecule has 0 spiro atoms. The van der Waals surface area contributed by atoms with Crippen LogP contribution in [-0.4, -0.2) is 77.5 Å². The van der Waals surface area contributed by atoms with Gasteiger partial charge in [0.2, 0.25) is 5.91 Å². The number of hydrazine groups is 1. The van der Waals surface area contributed by atoms with Crippen LogP contribution in [0, 0.1) is 11.8 Å². The van der Waals surface area contributed by atoms with Crippen molar-refractivity contribution in [1.29, 1.82) is 0 Å². The van der Waals surface area contributed by atoms with E-state index in [-0.39, 0.29) is 18.1 Å². The Kier molecular flexibility index (Phi) is 12.8. The molecule has 3 rings (SSSR count). The number of hydrogen-bond donors (Lipinski definition) is 4. The molecule has 2 aromatic carbocycles. The normalized spacial score (nSPS) is 17.0. The minimum atomic E-state index is -1.36. The third-order valence-corrected chi connectivity index (χ3v) is 7.17. The van der Waals surface area contributed by atoms with Crippen molar-refractivity contribution >= 4 is 29.5 Å². The number of carboxylic acid groups (broad SMARTS) is 1. The largest absolute Gasteiger partial charge is 0.480 e. The number of carbonyl (C=O) groups excluding carboxylic acids is 4. The number of amides is 3. The van der Waals surface area contributed by atoms with Gasteiger partial charge in [-0.2, -0.15) is 0 Å². The summed E-state index contributed by atoms with van der Waals surface area (Å²) in [5, 5.41) is 16.0. The van der Waals surface area contributed by atoms with Gasteiger partial charge in [-0.05, 0) is 42.9 Å². The van der Waals surface area contributed by atoms with Crippen molar-refractivity contribution in [2.45, 2.75) is 64.7 Å². The van der Waals surface area contributed by atoms with Crippen molar-refractivity contribution in [3.63, 3.8) is 0 Å². The molecule has 0 aromatic heterocycles. The molecule has 1 fully saturated rings. The van der Waals surface area contributed by atoms with Gasteiger partial charge in [0.1, 0.15) is 6.54 Å². The van der Waals surface area contributed by atoms with Crippen LogP contribution in [0.3, 0.4) is 0 Å². The summed E-state index contributed by atoms with van der Waals surface area (Å²) in [6.07, 6.45) is -0.0646. The number of nitrogens with zero attached hydrogens (tertiary/aromatic N) is 1. The lowest BCUT2D eigenvalue weighted by atomic mass is 9.93. The number of epoxide rings is 1. The molecule has 0 saturated carbocycles. The number of aryl methyl sites for hydroxylation is 1. The summed E-state index contributed by atoms with van der Waals surface area (Å²) in [7, 11) is 0. The highest BCUT2D eigenvalue weighted by molar-refractivity contribution is 5.97. The molecule has 43 heavy (non-hydrogen) atoms. The maximum atomic E-state index is 13.1. The van der Waals surface area contributed by atoms with E-state index in [0.717, 1.165) is 18.4 Å². The number of carboxylic acids is 1. The summed E-state index contributed by atoms with van der Waals surface area (Å²) in [4.78, 5) is 62.8. The summed E-state index contributed by atoms with van der Waals surface area (Å²) >= 11 is 0. The van der Waals surface area contributed by atoms with E-state index in [2.05, 4.69) is 28.2 Å². The minimum Gasteiger partial charge on any atom is -0.480 e. The Labute approximate surface area is 252 Å². The van der Waals surface area contributed by atoms with Gasteiger partial charge in [0.15, 0.2) is 18.0 Å². The van der Waals surface area contributed by atoms with Gasteiger partial charge in [0, 0.05) is 18.9 Å². The molecule has 4 atom stereocenters. The van der Waals surface area contributed by atoms with Crippen LogP contribution in [0.5, 0.6) is 0 Å². The highest BCUT2D eigenvalue weighted by Gasteiger charge is 2.52. The quantitative estimate of drug-likeness (QED) is 0.123. The lowest BCUT2D eigenvalue weighted by Gasteiger charge is -2.25. The molecule has 1 aliphatic heterocycles. The van der Waals surface area contributed by atoms with E-state index in [1.54, 1.807) is 6.92 Å². The fraction of sp³-hybridized carbons (Fsp3) is 0.469. The van der Waals surface area contributed by atoms with Crippen molar-refractivity contribution in [3.8, 4) is 0 Å². The predicted octanol–water partition coefficient (Wildman–Crippen LogP) is 1.90. The fourth-order valence-electron chi connectivity index (χ4n) is 4.72. The highest BCUT2D eigenvalue weighted by atomic mass is 16.6. The molecule has 232 valence electrons. The lowest BCUT2D eigenvalue weighted by molar-refractivity contribution is -0.151. The first kappa shape index (κ1) is 33.4. The van der Waals surface area contributed by atoms with E-state index in [4.69, 9.17) is 4.74 Å². The standard InChI is InChI=1S/C32H42N4O7/c1-21(2)27(33-17-10-15-23-11-6-4-7-12-23)25(37)19-22(3)30(40)35-36(20-26(38)39)32(42)29-28(43-29)31(41)34-18-16-24-13-8-5-9-14-24/h4-9,11-14,21-22,27-29,33H,10,15-20H2,1-3H3,(H,34,41)(H,35,40)(H,38,39)/t22?,27?,28-,29-/m1/s1. The summed E-state index contributed by atoms with van der Waals surface area (Å²) in [6.45, 7) is 5.53. The smallest absolute Gasteiger partial charge is 0.325 e. The van der Waals surface area contributed by atoms with E-state index in [0.29, 0.717) is 24.5 Å². The second-order valence-corrected chi connectivity index (χ2v) is 11.1. The van der Waals surface area contributed by atoms with Crippen LogP contribution in [-0.2, 0) is 41.6 Å². The van der Waals surface area contributed by atoms with E-state index >= 15 is 0 Å². The van der Waals surface area contributed by atoms with Crippen LogP contribution in [0.1, 0.15) is 44.7 Å². The van der Waals surface area contributed by atoms with E-state index < -0.39 is 54.4 Å². The molecule has 11 nitrogen and oxygen atoms in total. The van der Waals surface area contributed by atoms with Crippen LogP contribution >= 0.6 is 0 Å². The summed E-state index contributed by atoms with van der Waals surface area (Å²) in [6, 6.07) is 19.1. The maximum Gasteiger partial charge on any atom is 0.325 e. The summed E-state index contributed by atoms with van der Waals surface area (Å²) < 4.78 is 5.24. The zero-order valence-corrected chi connectivity index (χ0v) is 25.0. The monoisotopic (exact) mass is 594 g/mol. The Hall–Kier alpha value is -4.09. The maximum absolute atomic E-state index is 13.1. The SMILES string of the molecule is CC(CC(=O)C(NCCCc1ccccc1)C(C)C)C(=O)NN(CC(=O)O)C(=O)[C@@H]1O[C@H]1C(=O)NCCc1ccccc1. The second kappa shape index (κ2) is 16.5. The van der Waals surface area contributed by atoms with E-state index in [1.807, 2.05) is 62.4 Å². The van der Waals surface area contributed by atoms with Gasteiger partial charge >= 0.3 is 5.97 Å². The van der Waals surface area contributed by atoms with Crippen molar-refractivity contribution in [3.05, 3.63) is 71.8 Å². The van der Waals surface area contributed by atoms with Crippen LogP contribution < -0.4 is 16.1 Å². The van der Waals surface area contributed by atoms with Crippen molar-refractivity contribution in [2.24, 2.45) is 11.8 Å². The number of nitrogens with one attached hydrogen (secondary N) is 3. The van der Waals surface area contributed by atoms with Gasteiger partial charge in [-0.3, -0.25) is 29.4 Å². The van der Waals surface area contributed by atoms with Crippen molar-refractivity contribution in [1.82, 2.24) is 21.1 Å². The first-order chi connectivity index (χ1) is 20.6. The Balaban J connectivity index is 1.47. The number of benzene rings is 2. The third kappa shape index (κ3) is 10.9. The number of aliphatic carboxylic acids is 1. The first-order valence-corrected chi connectivity index (χ1v) is 14.7. The van der Waals surface area contributed by atoms with Crippen molar-refractivity contribution < 1.29 is 33.8 Å². The Morgan fingerprint density at radius 3 is 2.05 bits per heavy atom. The molecule has 1 heterocycles. The van der Waals surface area contributed by atoms with Crippen molar-refractivity contribution in [2.75, 3.05) is 19.6 Å². The van der Waals surface area contributed by atoms with Gasteiger partial charge in [-0.25, -0.2) is 5.01 Å². The molecule has 2 unspecified atom stereocenters. The third-order valence-electron chi connectivity index (χ3n) is 7.17. The molecule has 4 N–H and O–H groups in total. The van der Waals surface area contributed by atoms with E-state index in [1.165, 1.54) is 5.56 Å². The Morgan fingerprint density at radius 1 is 0.860 bits per heavy atom. The van der Waals surface area contributed by atoms with E-state index in [9.17, 15) is 29.1 Å². The summed E-state index contributed by atoms with van der Waals surface area (Å²) in [5.41, 5.74) is 4.57. The van der Waals surface area contributed by atoms with Gasteiger partial charge in [-0.1, -0.05) is 81.4 Å². The molecular formula is C32H42N4O7. The van der Waals surface area contributed by atoms with Crippen LogP contribution in [0.15, 0.2) is 60.7 Å². The van der Waals surface area contributed by atoms with Crippen LogP contribution in [0.2, 0.25) is 0 Å². The first-order valence-electron chi connectivity index (χ1n) is 14.7. The molecule has 2 aromatic rings. The predicted molar refractivity (Wildman–Crippen MR) is 159 cm³/mol. The molecular weight excluding hydrogens is 552 g/mol. The molecule has 0 bridgehead atoms. The second-order valence-electron chi connectivity index (χ2n) is 11.1. The summed E-state index contributed by atoms with van der Waals surface area (Å²) in [5.74, 6) is -4.37. The molecule has 3 amide bonds. The molecule has 11 heteroatoms. The number of ketones is 1. The highest BCUT2D eigenvalue weighted by Crippen LogP contribution is 2.24. The zero-order valence-electron chi connectivity index (χ0n) is 25.0. The van der Waals surface area contributed by atoms with Gasteiger partial charge in [0.25, 0.3) is 11.8 Å². The molecule has 1 saturated heterocycles. The molecule has 0 radical (unpaired) electrons. The van der Waals surface area contributed by atoms with Gasteiger partial charge in [0.05, 0.1) is 6.04 Å². The van der Waals surface area contributed by atoms with Gasteiger partial charge < -0.3 is 20.5 Å². The number of hydrogen-bond acceptors (Lipinski definition) is 7. The number of ether oxygens (including phenoxy) is 1. The zero-order chi connectivity index (χ0) is 31.4. The molecule has 0 aliphatic carbocycles. The van der Waals surface area contributed by atoms with Crippen LogP contribution in [0.25, 0.3) is 0 Å². The number of carbonyl (C=O) groups is 5. The van der Waals surface area contributed by atoms with Crippen LogP contribution in [0.4, 0.5) is 0 Å². The number of Topliss-reactive ketones (excluding diaryl/α,β-unsaturated/α-hetero) is 1.